The van der Waals surface area contributed by atoms with Crippen LogP contribution in [-0.4, -0.2) is 4.98 Å². The second-order valence-corrected chi connectivity index (χ2v) is 4.73. The quantitative estimate of drug-likeness (QED) is 0.870. The zero-order valence-corrected chi connectivity index (χ0v) is 9.66. The predicted molar refractivity (Wildman–Crippen MR) is 68.5 cm³/mol. The lowest BCUT2D eigenvalue weighted by molar-refractivity contribution is 0.613. The second-order valence-electron chi connectivity index (χ2n) is 4.73. The van der Waals surface area contributed by atoms with Crippen LogP contribution in [0, 0.1) is 5.92 Å². The maximum absolute atomic E-state index is 6.29. The number of pyridine rings is 1. The van der Waals surface area contributed by atoms with E-state index >= 15 is 0 Å². The lowest BCUT2D eigenvalue weighted by Gasteiger charge is -2.11. The third-order valence-corrected chi connectivity index (χ3v) is 3.60. The number of hydrogen-bond donors (Lipinski definition) is 1. The summed E-state index contributed by atoms with van der Waals surface area (Å²) in [5.74, 6) is 1.20. The van der Waals surface area contributed by atoms with Crippen LogP contribution in [0.25, 0.3) is 0 Å². The van der Waals surface area contributed by atoms with Gasteiger partial charge < -0.3 is 5.73 Å². The van der Waals surface area contributed by atoms with Crippen molar-refractivity contribution >= 4 is 0 Å². The lowest BCUT2D eigenvalue weighted by Crippen LogP contribution is -2.13. The molecule has 1 heterocycles. The van der Waals surface area contributed by atoms with Gasteiger partial charge in [-0.05, 0) is 35.4 Å². The average molecular weight is 224 g/mol. The van der Waals surface area contributed by atoms with Gasteiger partial charge in [-0.15, -0.1) is 0 Å². The van der Waals surface area contributed by atoms with Crippen LogP contribution in [0.5, 0.6) is 0 Å². The maximum Gasteiger partial charge on any atom is 0.0344 e. The molecule has 3 atom stereocenters. The Bertz CT molecular complexity index is 481. The molecule has 17 heavy (non-hydrogen) atoms. The summed E-state index contributed by atoms with van der Waals surface area (Å²) in [5.41, 5.74) is 8.85. The molecule has 86 valence electrons. The molecule has 1 aromatic carbocycles. The Balaban J connectivity index is 1.73. The molecular weight excluding hydrogens is 208 g/mol. The minimum absolute atomic E-state index is 0.119. The Morgan fingerprint density at radius 1 is 1.12 bits per heavy atom. The summed E-state index contributed by atoms with van der Waals surface area (Å²) < 4.78 is 0. The number of benzene rings is 1. The van der Waals surface area contributed by atoms with Gasteiger partial charge in [-0.25, -0.2) is 0 Å². The molecule has 2 nitrogen and oxygen atoms in total. The first-order valence-corrected chi connectivity index (χ1v) is 6.06. The van der Waals surface area contributed by atoms with Crippen molar-refractivity contribution in [2.24, 2.45) is 11.7 Å². The Morgan fingerprint density at radius 3 is 2.65 bits per heavy atom. The number of hydrogen-bond acceptors (Lipinski definition) is 2. The highest BCUT2D eigenvalue weighted by Gasteiger charge is 2.42. The molecule has 0 aliphatic heterocycles. The van der Waals surface area contributed by atoms with E-state index in [4.69, 9.17) is 5.73 Å². The summed E-state index contributed by atoms with van der Waals surface area (Å²) in [6.45, 7) is 0. The normalized spacial score (nSPS) is 24.3. The van der Waals surface area contributed by atoms with Gasteiger partial charge in [-0.1, -0.05) is 36.4 Å². The molecule has 0 bridgehead atoms. The molecule has 0 spiro atoms. The van der Waals surface area contributed by atoms with Gasteiger partial charge in [0.05, 0.1) is 0 Å². The summed E-state index contributed by atoms with van der Waals surface area (Å²) in [6.07, 6.45) is 4.86. The first-order chi connectivity index (χ1) is 8.36. The molecule has 2 N–H and O–H groups in total. The van der Waals surface area contributed by atoms with Gasteiger partial charge in [-0.3, -0.25) is 4.98 Å². The Hall–Kier alpha value is -1.67. The fourth-order valence-electron chi connectivity index (χ4n) is 2.52. The van der Waals surface area contributed by atoms with Gasteiger partial charge in [0.1, 0.15) is 0 Å². The predicted octanol–water partition coefficient (Wildman–Crippen LogP) is 2.89. The van der Waals surface area contributed by atoms with E-state index in [0.717, 1.165) is 5.56 Å². The van der Waals surface area contributed by atoms with Crippen LogP contribution in [0.3, 0.4) is 0 Å². The lowest BCUT2D eigenvalue weighted by atomic mass is 10.0. The van der Waals surface area contributed by atoms with Crippen molar-refractivity contribution in [3.63, 3.8) is 0 Å². The Labute approximate surface area is 102 Å². The monoisotopic (exact) mass is 224 g/mol. The van der Waals surface area contributed by atoms with Crippen LogP contribution < -0.4 is 5.73 Å². The van der Waals surface area contributed by atoms with Gasteiger partial charge in [0.2, 0.25) is 0 Å². The van der Waals surface area contributed by atoms with Gasteiger partial charge in [0.15, 0.2) is 0 Å². The van der Waals surface area contributed by atoms with E-state index in [2.05, 4.69) is 41.4 Å². The van der Waals surface area contributed by atoms with Crippen LogP contribution in [0.15, 0.2) is 54.9 Å². The van der Waals surface area contributed by atoms with Crippen LogP contribution in [0.2, 0.25) is 0 Å². The summed E-state index contributed by atoms with van der Waals surface area (Å²) in [6, 6.07) is 14.8. The highest BCUT2D eigenvalue weighted by atomic mass is 14.7. The molecule has 2 heteroatoms. The fraction of sp³-hybridized carbons (Fsp3) is 0.267. The number of nitrogens with zero attached hydrogens (tertiary/aromatic N) is 1. The van der Waals surface area contributed by atoms with Gasteiger partial charge in [0, 0.05) is 18.4 Å². The van der Waals surface area contributed by atoms with Crippen LogP contribution in [0.4, 0.5) is 0 Å². The minimum Gasteiger partial charge on any atom is -0.324 e. The summed E-state index contributed by atoms with van der Waals surface area (Å²) >= 11 is 0. The average Bonchev–Trinajstić information content (AvgIpc) is 3.20. The van der Waals surface area contributed by atoms with Crippen molar-refractivity contribution < 1.29 is 0 Å². The third-order valence-electron chi connectivity index (χ3n) is 3.60. The Kier molecular flexibility index (Phi) is 2.65. The van der Waals surface area contributed by atoms with E-state index in [1.807, 2.05) is 12.3 Å². The molecule has 1 saturated carbocycles. The minimum atomic E-state index is 0.119. The van der Waals surface area contributed by atoms with E-state index in [-0.39, 0.29) is 6.04 Å². The molecule has 1 aliphatic rings. The zero-order chi connectivity index (χ0) is 11.7. The first-order valence-electron chi connectivity index (χ1n) is 6.06. The smallest absolute Gasteiger partial charge is 0.0344 e. The van der Waals surface area contributed by atoms with E-state index in [1.54, 1.807) is 6.20 Å². The molecule has 2 aromatic rings. The highest BCUT2D eigenvalue weighted by Crippen LogP contribution is 2.52. The number of nitrogens with two attached hydrogens (primary N) is 1. The number of aromatic nitrogens is 1. The van der Waals surface area contributed by atoms with Gasteiger partial charge >= 0.3 is 0 Å². The largest absolute Gasteiger partial charge is 0.324 e. The van der Waals surface area contributed by atoms with Crippen LogP contribution in [0.1, 0.15) is 29.5 Å². The van der Waals surface area contributed by atoms with Crippen molar-refractivity contribution in [3.05, 3.63) is 66.0 Å². The molecule has 1 aliphatic carbocycles. The zero-order valence-electron chi connectivity index (χ0n) is 9.66. The molecule has 0 amide bonds. The van der Waals surface area contributed by atoms with Crippen molar-refractivity contribution in [1.82, 2.24) is 4.98 Å². The van der Waals surface area contributed by atoms with E-state index in [0.29, 0.717) is 11.8 Å². The highest BCUT2D eigenvalue weighted by molar-refractivity contribution is 5.29. The molecular formula is C15H16N2. The van der Waals surface area contributed by atoms with Crippen molar-refractivity contribution in [2.75, 3.05) is 0 Å². The standard InChI is InChI=1S/C15H16N2/c16-15(12-7-4-8-17-10-12)14-9-13(14)11-5-2-1-3-6-11/h1-8,10,13-15H,9,16H2. The molecule has 0 saturated heterocycles. The van der Waals surface area contributed by atoms with E-state index in [1.165, 1.54) is 12.0 Å². The van der Waals surface area contributed by atoms with Crippen molar-refractivity contribution in [3.8, 4) is 0 Å². The molecule has 1 fully saturated rings. The van der Waals surface area contributed by atoms with Crippen LogP contribution in [-0.2, 0) is 0 Å². The second kappa shape index (κ2) is 4.30. The molecule has 1 aromatic heterocycles. The van der Waals surface area contributed by atoms with E-state index in [9.17, 15) is 0 Å². The Morgan fingerprint density at radius 2 is 1.94 bits per heavy atom. The third kappa shape index (κ3) is 2.08. The van der Waals surface area contributed by atoms with Crippen LogP contribution >= 0.6 is 0 Å². The first kappa shape index (κ1) is 10.5. The summed E-state index contributed by atoms with van der Waals surface area (Å²) in [4.78, 5) is 4.13. The summed E-state index contributed by atoms with van der Waals surface area (Å²) in [7, 11) is 0. The molecule has 0 radical (unpaired) electrons. The topological polar surface area (TPSA) is 38.9 Å². The van der Waals surface area contributed by atoms with E-state index < -0.39 is 0 Å². The maximum atomic E-state index is 6.29. The van der Waals surface area contributed by atoms with Gasteiger partial charge in [0.25, 0.3) is 0 Å². The van der Waals surface area contributed by atoms with Crippen molar-refractivity contribution in [1.29, 1.82) is 0 Å². The molecule has 3 rings (SSSR count). The molecule has 3 unspecified atom stereocenters. The van der Waals surface area contributed by atoms with Gasteiger partial charge in [-0.2, -0.15) is 0 Å². The summed E-state index contributed by atoms with van der Waals surface area (Å²) in [5, 5.41) is 0. The fourth-order valence-corrected chi connectivity index (χ4v) is 2.52. The number of rotatable bonds is 3. The SMILES string of the molecule is NC(c1cccnc1)C1CC1c1ccccc1. The van der Waals surface area contributed by atoms with Crippen molar-refractivity contribution in [2.45, 2.75) is 18.4 Å².